The molecule has 0 spiro atoms. The molecule has 0 aromatic carbocycles. The highest BCUT2D eigenvalue weighted by atomic mass is 16.3. The van der Waals surface area contributed by atoms with Crippen molar-refractivity contribution in [2.24, 2.45) is 34.5 Å². The molecule has 1 N–H and O–H groups in total. The molecule has 0 bridgehead atoms. The Hall–Kier alpha value is -0.0800. The third kappa shape index (κ3) is 2.08. The Balaban J connectivity index is 1.43. The molecule has 2 heteroatoms. The fourth-order valence-corrected chi connectivity index (χ4v) is 8.26. The molecule has 1 aliphatic heterocycles. The minimum absolute atomic E-state index is 0.189. The van der Waals surface area contributed by atoms with Crippen molar-refractivity contribution in [3.8, 4) is 0 Å². The molecule has 5 rings (SSSR count). The molecule has 4 aliphatic carbocycles. The molecule has 24 heavy (non-hydrogen) atoms. The number of rotatable bonds is 2. The zero-order valence-corrected chi connectivity index (χ0v) is 15.9. The Morgan fingerprint density at radius 3 is 2.46 bits per heavy atom. The normalized spacial score (nSPS) is 57.1. The van der Waals surface area contributed by atoms with Crippen LogP contribution in [-0.4, -0.2) is 35.2 Å². The van der Waals surface area contributed by atoms with Crippen molar-refractivity contribution in [3.05, 3.63) is 0 Å². The average molecular weight is 332 g/mol. The maximum absolute atomic E-state index is 11.6. The summed E-state index contributed by atoms with van der Waals surface area (Å²) in [6.45, 7) is 8.52. The molecule has 1 heterocycles. The van der Waals surface area contributed by atoms with Gasteiger partial charge >= 0.3 is 0 Å². The van der Waals surface area contributed by atoms with E-state index in [0.29, 0.717) is 5.41 Å². The molecule has 4 saturated carbocycles. The highest BCUT2D eigenvalue weighted by Crippen LogP contribution is 2.68. The van der Waals surface area contributed by atoms with Crippen molar-refractivity contribution in [1.29, 1.82) is 0 Å². The largest absolute Gasteiger partial charge is 0.388 e. The van der Waals surface area contributed by atoms with Gasteiger partial charge in [-0.3, -0.25) is 4.90 Å². The number of hydrogen-bond donors (Lipinski definition) is 1. The van der Waals surface area contributed by atoms with Crippen LogP contribution in [-0.2, 0) is 0 Å². The Kier molecular flexibility index (Phi) is 3.51. The summed E-state index contributed by atoms with van der Waals surface area (Å²) in [6.07, 6.45) is 13.9. The predicted octanol–water partition coefficient (Wildman–Crippen LogP) is 4.47. The SMILES string of the molecule is C[C@]12CCCCC1CCC1C2CC[C@@]2(C)C1CC[C@@]2(O)CN1CC1. The predicted molar refractivity (Wildman–Crippen MR) is 97.7 cm³/mol. The van der Waals surface area contributed by atoms with Gasteiger partial charge < -0.3 is 5.11 Å². The molecule has 5 aliphatic rings. The fourth-order valence-electron chi connectivity index (χ4n) is 8.26. The highest BCUT2D eigenvalue weighted by Gasteiger charge is 2.64. The van der Waals surface area contributed by atoms with E-state index in [1.54, 1.807) is 0 Å². The van der Waals surface area contributed by atoms with E-state index < -0.39 is 5.60 Å². The van der Waals surface area contributed by atoms with Crippen LogP contribution < -0.4 is 0 Å². The van der Waals surface area contributed by atoms with Gasteiger partial charge in [0.1, 0.15) is 0 Å². The van der Waals surface area contributed by atoms with Gasteiger partial charge in [-0.15, -0.1) is 0 Å². The van der Waals surface area contributed by atoms with Crippen molar-refractivity contribution in [3.63, 3.8) is 0 Å². The van der Waals surface area contributed by atoms with Crippen LogP contribution in [0.3, 0.4) is 0 Å². The fraction of sp³-hybridized carbons (Fsp3) is 1.00. The van der Waals surface area contributed by atoms with E-state index >= 15 is 0 Å². The number of aliphatic hydroxyl groups is 1. The highest BCUT2D eigenvalue weighted by molar-refractivity contribution is 5.15. The summed E-state index contributed by atoms with van der Waals surface area (Å²) in [5.74, 6) is 3.67. The van der Waals surface area contributed by atoms with E-state index in [1.165, 1.54) is 70.9 Å². The van der Waals surface area contributed by atoms with Gasteiger partial charge in [-0.05, 0) is 80.5 Å². The number of nitrogens with zero attached hydrogens (tertiary/aromatic N) is 1. The molecule has 2 nitrogen and oxygen atoms in total. The lowest BCUT2D eigenvalue weighted by molar-refractivity contribution is -0.153. The van der Waals surface area contributed by atoms with Crippen LogP contribution in [0.1, 0.15) is 78.1 Å². The Bertz CT molecular complexity index is 516. The summed E-state index contributed by atoms with van der Waals surface area (Å²) in [5.41, 5.74) is 0.418. The monoisotopic (exact) mass is 331 g/mol. The van der Waals surface area contributed by atoms with E-state index in [2.05, 4.69) is 18.7 Å². The summed E-state index contributed by atoms with van der Waals surface area (Å²) in [6, 6.07) is 0. The van der Waals surface area contributed by atoms with Gasteiger partial charge in [0.15, 0.2) is 0 Å². The third-order valence-electron chi connectivity index (χ3n) is 9.93. The number of hydrogen-bond acceptors (Lipinski definition) is 2. The van der Waals surface area contributed by atoms with E-state index in [4.69, 9.17) is 0 Å². The Morgan fingerprint density at radius 2 is 1.67 bits per heavy atom. The van der Waals surface area contributed by atoms with Crippen molar-refractivity contribution in [2.75, 3.05) is 19.6 Å². The zero-order valence-electron chi connectivity index (χ0n) is 15.9. The van der Waals surface area contributed by atoms with E-state index in [9.17, 15) is 5.11 Å². The van der Waals surface area contributed by atoms with E-state index in [-0.39, 0.29) is 5.41 Å². The van der Waals surface area contributed by atoms with Gasteiger partial charge in [0.2, 0.25) is 0 Å². The second-order valence-corrected chi connectivity index (χ2v) is 10.7. The molecule has 1 saturated heterocycles. The first-order valence-electron chi connectivity index (χ1n) is 10.9. The van der Waals surface area contributed by atoms with E-state index in [1.807, 2.05) is 0 Å². The first-order valence-corrected chi connectivity index (χ1v) is 10.9. The second kappa shape index (κ2) is 5.22. The first-order chi connectivity index (χ1) is 11.5. The zero-order chi connectivity index (χ0) is 16.6. The summed E-state index contributed by atoms with van der Waals surface area (Å²) < 4.78 is 0. The number of β-amino-alcohol motifs (C(OH)–C–C–N with tert-alkyl or cyclic N) is 1. The number of fused-ring (bicyclic) bond motifs is 5. The maximum atomic E-state index is 11.6. The minimum atomic E-state index is -0.399. The molecule has 0 aromatic rings. The summed E-state index contributed by atoms with van der Waals surface area (Å²) in [7, 11) is 0. The van der Waals surface area contributed by atoms with Crippen molar-refractivity contribution in [2.45, 2.75) is 83.7 Å². The minimum Gasteiger partial charge on any atom is -0.388 e. The van der Waals surface area contributed by atoms with Crippen LogP contribution in [0, 0.1) is 34.5 Å². The van der Waals surface area contributed by atoms with Crippen LogP contribution >= 0.6 is 0 Å². The van der Waals surface area contributed by atoms with E-state index in [0.717, 1.165) is 36.6 Å². The van der Waals surface area contributed by atoms with Crippen LogP contribution in [0.5, 0.6) is 0 Å². The summed E-state index contributed by atoms with van der Waals surface area (Å²) in [5, 5.41) is 11.6. The van der Waals surface area contributed by atoms with Crippen molar-refractivity contribution < 1.29 is 5.11 Å². The van der Waals surface area contributed by atoms with Crippen molar-refractivity contribution in [1.82, 2.24) is 4.90 Å². The summed E-state index contributed by atoms with van der Waals surface area (Å²) >= 11 is 0. The van der Waals surface area contributed by atoms with Gasteiger partial charge in [-0.25, -0.2) is 0 Å². The molecular weight excluding hydrogens is 294 g/mol. The quantitative estimate of drug-likeness (QED) is 0.755. The van der Waals surface area contributed by atoms with Gasteiger partial charge in [-0.2, -0.15) is 0 Å². The van der Waals surface area contributed by atoms with Crippen LogP contribution in [0.4, 0.5) is 0 Å². The molecule has 0 amide bonds. The van der Waals surface area contributed by atoms with Crippen LogP contribution in [0.25, 0.3) is 0 Å². The molecule has 0 aromatic heterocycles. The van der Waals surface area contributed by atoms with Gasteiger partial charge in [-0.1, -0.05) is 26.7 Å². The van der Waals surface area contributed by atoms with Gasteiger partial charge in [0.05, 0.1) is 5.60 Å². The standard InChI is InChI=1S/C22H37NO/c1-20-10-4-3-5-16(20)6-7-17-18(20)8-11-21(2)19(17)9-12-22(21,24)15-23-13-14-23/h16-19,24H,3-15H2,1-2H3/t16?,17?,18?,19?,20-,21-,22+/m0/s1. The first kappa shape index (κ1) is 16.1. The lowest BCUT2D eigenvalue weighted by atomic mass is 9.44. The molecule has 4 unspecified atom stereocenters. The third-order valence-corrected chi connectivity index (χ3v) is 9.93. The topological polar surface area (TPSA) is 23.2 Å². The van der Waals surface area contributed by atoms with Crippen LogP contribution in [0.15, 0.2) is 0 Å². The van der Waals surface area contributed by atoms with Gasteiger partial charge in [0, 0.05) is 25.0 Å². The van der Waals surface area contributed by atoms with Crippen molar-refractivity contribution >= 4 is 0 Å². The lowest BCUT2D eigenvalue weighted by Gasteiger charge is -2.61. The molecule has 136 valence electrons. The summed E-state index contributed by atoms with van der Waals surface area (Å²) in [4.78, 5) is 2.46. The lowest BCUT2D eigenvalue weighted by Crippen LogP contribution is -2.57. The maximum Gasteiger partial charge on any atom is 0.0830 e. The molecular formula is C22H37NO. The van der Waals surface area contributed by atoms with Gasteiger partial charge in [0.25, 0.3) is 0 Å². The smallest absolute Gasteiger partial charge is 0.0830 e. The molecule has 0 radical (unpaired) electrons. The Labute approximate surface area is 148 Å². The Morgan fingerprint density at radius 1 is 0.875 bits per heavy atom. The average Bonchev–Trinajstić information content (AvgIpc) is 3.32. The molecule has 5 fully saturated rings. The second-order valence-electron chi connectivity index (χ2n) is 10.7. The van der Waals surface area contributed by atoms with Crippen LogP contribution in [0.2, 0.25) is 0 Å². The molecule has 7 atom stereocenters.